The number of aromatic nitrogens is 1. The molecule has 0 spiro atoms. The third kappa shape index (κ3) is 9.25. The number of pyridine rings is 1. The highest BCUT2D eigenvalue weighted by Gasteiger charge is 2.52. The molecule has 1 saturated heterocycles. The number of hydrogen-bond donors (Lipinski definition) is 2. The summed E-state index contributed by atoms with van der Waals surface area (Å²) in [6, 6.07) is 3.45. The van der Waals surface area contributed by atoms with Gasteiger partial charge in [-0.25, -0.2) is 0 Å². The van der Waals surface area contributed by atoms with Crippen LogP contribution >= 0.6 is 12.2 Å². The second kappa shape index (κ2) is 13.3. The summed E-state index contributed by atoms with van der Waals surface area (Å²) in [5.41, 5.74) is 3.34. The monoisotopic (exact) mass is 510 g/mol. The Bertz CT molecular complexity index is 959. The molecule has 0 saturated carbocycles. The summed E-state index contributed by atoms with van der Waals surface area (Å²) in [5, 5.41) is 6.75. The molecule has 1 aliphatic heterocycles. The van der Waals surface area contributed by atoms with E-state index in [1.165, 1.54) is 13.1 Å². The molecule has 1 aromatic heterocycles. The average molecular weight is 511 g/mol. The number of nitrogens with one attached hydrogen (secondary N) is 2. The number of esters is 4. The summed E-state index contributed by atoms with van der Waals surface area (Å²) in [4.78, 5) is 50.7. The molecule has 35 heavy (non-hydrogen) atoms. The largest absolute Gasteiger partial charge is 0.463 e. The smallest absolute Gasteiger partial charge is 0.303 e. The number of rotatable bonds is 8. The Morgan fingerprint density at radius 3 is 2.11 bits per heavy atom. The summed E-state index contributed by atoms with van der Waals surface area (Å²) in [6.07, 6.45) is -1.49. The van der Waals surface area contributed by atoms with E-state index in [0.29, 0.717) is 0 Å². The third-order valence-electron chi connectivity index (χ3n) is 4.35. The molecule has 2 heterocycles. The number of carbonyl (C=O) groups excluding carboxylic acids is 4. The molecule has 1 aliphatic rings. The minimum Gasteiger partial charge on any atom is -0.463 e. The van der Waals surface area contributed by atoms with Gasteiger partial charge in [-0.1, -0.05) is 0 Å². The Hall–Kier alpha value is -3.65. The van der Waals surface area contributed by atoms with Gasteiger partial charge in [0, 0.05) is 40.1 Å². The van der Waals surface area contributed by atoms with E-state index in [1.807, 2.05) is 0 Å². The first kappa shape index (κ1) is 27.6. The first-order valence-corrected chi connectivity index (χ1v) is 10.8. The molecular weight excluding hydrogens is 484 g/mol. The first-order valence-electron chi connectivity index (χ1n) is 10.4. The summed E-state index contributed by atoms with van der Waals surface area (Å²) in [5.74, 6) is -2.80. The van der Waals surface area contributed by atoms with E-state index >= 15 is 0 Å². The topological polar surface area (TPSA) is 164 Å². The number of ether oxygens (including phenoxy) is 5. The SMILES string of the molecule is CC(=O)OC[C@H]1O[C@@H](NC(=S)N/N=C/c2ccncc2)[C@H](OC(C)=O)[C@@H](OC(C)=O)[C@@H]1OC(C)=O. The molecule has 190 valence electrons. The fraction of sp³-hybridized carbons (Fsp3) is 0.476. The second-order valence-corrected chi connectivity index (χ2v) is 7.65. The van der Waals surface area contributed by atoms with E-state index in [9.17, 15) is 19.2 Å². The number of hydrazone groups is 1. The molecule has 0 unspecified atom stereocenters. The standard InChI is InChI=1S/C21H26N4O9S/c1-11(26)30-10-16-17(31-12(2)27)18(32-13(3)28)19(33-14(4)29)20(34-16)24-21(35)25-23-9-15-5-7-22-8-6-15/h5-9,16-20H,10H2,1-4H3,(H2,24,25,35)/b23-9+/t16-,17-,18+,19-,20-/m1/s1. The van der Waals surface area contributed by atoms with Crippen LogP contribution in [0.25, 0.3) is 0 Å². The van der Waals surface area contributed by atoms with Crippen LogP contribution in [0.15, 0.2) is 29.6 Å². The Labute approximate surface area is 206 Å². The summed E-state index contributed by atoms with van der Waals surface area (Å²) >= 11 is 5.24. The van der Waals surface area contributed by atoms with Gasteiger partial charge in [-0.2, -0.15) is 5.10 Å². The molecule has 1 fully saturated rings. The number of carbonyl (C=O) groups is 4. The van der Waals surface area contributed by atoms with Crippen LogP contribution in [0.5, 0.6) is 0 Å². The van der Waals surface area contributed by atoms with Crippen molar-refractivity contribution in [3.63, 3.8) is 0 Å². The van der Waals surface area contributed by atoms with Crippen LogP contribution in [0.2, 0.25) is 0 Å². The van der Waals surface area contributed by atoms with Crippen LogP contribution in [-0.2, 0) is 42.9 Å². The van der Waals surface area contributed by atoms with Crippen LogP contribution < -0.4 is 10.7 Å². The zero-order chi connectivity index (χ0) is 26.0. The van der Waals surface area contributed by atoms with Crippen molar-refractivity contribution in [3.05, 3.63) is 30.1 Å². The van der Waals surface area contributed by atoms with Crippen molar-refractivity contribution < 1.29 is 42.9 Å². The summed E-state index contributed by atoms with van der Waals surface area (Å²) in [7, 11) is 0. The van der Waals surface area contributed by atoms with Crippen molar-refractivity contribution in [1.29, 1.82) is 0 Å². The zero-order valence-electron chi connectivity index (χ0n) is 19.5. The molecule has 2 N–H and O–H groups in total. The highest BCUT2D eigenvalue weighted by molar-refractivity contribution is 7.80. The van der Waals surface area contributed by atoms with Gasteiger partial charge >= 0.3 is 23.9 Å². The van der Waals surface area contributed by atoms with Crippen molar-refractivity contribution in [3.8, 4) is 0 Å². The Kier molecular flexibility index (Phi) is 10.5. The van der Waals surface area contributed by atoms with Gasteiger partial charge < -0.3 is 29.0 Å². The highest BCUT2D eigenvalue weighted by Crippen LogP contribution is 2.28. The van der Waals surface area contributed by atoms with Gasteiger partial charge in [0.15, 0.2) is 29.7 Å². The quantitative estimate of drug-likeness (QED) is 0.158. The van der Waals surface area contributed by atoms with E-state index in [4.69, 9.17) is 35.9 Å². The predicted octanol–water partition coefficient (Wildman–Crippen LogP) is -0.0373. The minimum atomic E-state index is -1.31. The lowest BCUT2D eigenvalue weighted by Crippen LogP contribution is -2.66. The Morgan fingerprint density at radius 1 is 0.971 bits per heavy atom. The van der Waals surface area contributed by atoms with Crippen LogP contribution in [0.1, 0.15) is 33.3 Å². The molecule has 0 aromatic carbocycles. The lowest BCUT2D eigenvalue weighted by Gasteiger charge is -2.44. The van der Waals surface area contributed by atoms with Crippen LogP contribution in [-0.4, -0.2) is 77.4 Å². The van der Waals surface area contributed by atoms with Crippen molar-refractivity contribution >= 4 is 47.4 Å². The van der Waals surface area contributed by atoms with E-state index in [1.54, 1.807) is 24.5 Å². The second-order valence-electron chi connectivity index (χ2n) is 7.24. The maximum atomic E-state index is 11.8. The van der Waals surface area contributed by atoms with Gasteiger partial charge in [-0.3, -0.25) is 29.6 Å². The van der Waals surface area contributed by atoms with Gasteiger partial charge in [0.25, 0.3) is 0 Å². The van der Waals surface area contributed by atoms with Crippen molar-refractivity contribution in [2.75, 3.05) is 6.61 Å². The zero-order valence-corrected chi connectivity index (χ0v) is 20.3. The van der Waals surface area contributed by atoms with Crippen molar-refractivity contribution in [2.45, 2.75) is 58.3 Å². The van der Waals surface area contributed by atoms with E-state index < -0.39 is 54.5 Å². The van der Waals surface area contributed by atoms with Crippen LogP contribution in [0.4, 0.5) is 0 Å². The van der Waals surface area contributed by atoms with Crippen molar-refractivity contribution in [1.82, 2.24) is 15.7 Å². The predicted molar refractivity (Wildman–Crippen MR) is 123 cm³/mol. The maximum absolute atomic E-state index is 11.8. The molecule has 5 atom stereocenters. The van der Waals surface area contributed by atoms with E-state index in [0.717, 1.165) is 26.3 Å². The fourth-order valence-corrected chi connectivity index (χ4v) is 3.29. The molecule has 2 rings (SSSR count). The van der Waals surface area contributed by atoms with Gasteiger partial charge in [0.05, 0.1) is 6.21 Å². The van der Waals surface area contributed by atoms with Gasteiger partial charge in [-0.15, -0.1) is 0 Å². The van der Waals surface area contributed by atoms with E-state index in [2.05, 4.69) is 20.8 Å². The summed E-state index contributed by atoms with van der Waals surface area (Å²) in [6.45, 7) is 4.25. The first-order chi connectivity index (χ1) is 16.6. The average Bonchev–Trinajstić information content (AvgIpc) is 2.76. The van der Waals surface area contributed by atoms with Crippen LogP contribution in [0, 0.1) is 0 Å². The van der Waals surface area contributed by atoms with Crippen LogP contribution in [0.3, 0.4) is 0 Å². The molecule has 0 aliphatic carbocycles. The number of hydrogen-bond acceptors (Lipinski definition) is 12. The molecular formula is C21H26N4O9S. The minimum absolute atomic E-state index is 0.0313. The molecule has 0 radical (unpaired) electrons. The normalized spacial score (nSPS) is 23.6. The molecule has 13 nitrogen and oxygen atoms in total. The molecule has 0 amide bonds. The molecule has 14 heteroatoms. The lowest BCUT2D eigenvalue weighted by molar-refractivity contribution is -0.254. The lowest BCUT2D eigenvalue weighted by atomic mass is 9.97. The van der Waals surface area contributed by atoms with Gasteiger partial charge in [0.1, 0.15) is 12.7 Å². The fourth-order valence-electron chi connectivity index (χ4n) is 3.12. The molecule has 0 bridgehead atoms. The Balaban J connectivity index is 2.28. The third-order valence-corrected chi connectivity index (χ3v) is 4.56. The summed E-state index contributed by atoms with van der Waals surface area (Å²) < 4.78 is 26.9. The molecule has 1 aromatic rings. The van der Waals surface area contributed by atoms with E-state index in [-0.39, 0.29) is 11.7 Å². The maximum Gasteiger partial charge on any atom is 0.303 e. The van der Waals surface area contributed by atoms with Gasteiger partial charge in [-0.05, 0) is 29.9 Å². The number of thiocarbonyl (C=S) groups is 1. The highest BCUT2D eigenvalue weighted by atomic mass is 32.1. The van der Waals surface area contributed by atoms with Crippen molar-refractivity contribution in [2.24, 2.45) is 5.10 Å². The van der Waals surface area contributed by atoms with Gasteiger partial charge in [0.2, 0.25) is 0 Å². The Morgan fingerprint density at radius 2 is 1.54 bits per heavy atom. The number of nitrogens with zero attached hydrogens (tertiary/aromatic N) is 2.